The zero-order chi connectivity index (χ0) is 14.4. The van der Waals surface area contributed by atoms with Crippen molar-refractivity contribution in [1.82, 2.24) is 9.88 Å². The molecule has 2 rings (SSSR count). The van der Waals surface area contributed by atoms with Crippen LogP contribution in [0.25, 0.3) is 0 Å². The number of hydrogen-bond acceptors (Lipinski definition) is 4. The molecule has 4 nitrogen and oxygen atoms in total. The maximum Gasteiger partial charge on any atom is 0.240 e. The van der Waals surface area contributed by atoms with Gasteiger partial charge in [0.25, 0.3) is 0 Å². The molecule has 0 spiro atoms. The predicted molar refractivity (Wildman–Crippen MR) is 77.8 cm³/mol. The number of nitriles is 1. The van der Waals surface area contributed by atoms with Crippen molar-refractivity contribution in [3.63, 3.8) is 0 Å². The van der Waals surface area contributed by atoms with E-state index in [1.165, 1.54) is 11.3 Å². The van der Waals surface area contributed by atoms with Crippen LogP contribution in [0.3, 0.4) is 0 Å². The van der Waals surface area contributed by atoms with Crippen LogP contribution in [0.5, 0.6) is 0 Å². The summed E-state index contributed by atoms with van der Waals surface area (Å²) in [5.74, 6) is -0.814. The molecule has 1 aromatic carbocycles. The molecule has 0 saturated heterocycles. The van der Waals surface area contributed by atoms with Gasteiger partial charge < -0.3 is 4.90 Å². The van der Waals surface area contributed by atoms with Crippen LogP contribution >= 0.6 is 11.3 Å². The predicted octanol–water partition coefficient (Wildman–Crippen LogP) is 2.48. The summed E-state index contributed by atoms with van der Waals surface area (Å²) in [6.45, 7) is 0.440. The average molecular weight is 285 g/mol. The van der Waals surface area contributed by atoms with E-state index in [1.807, 2.05) is 35.7 Å². The number of rotatable bonds is 5. The fraction of sp³-hybridized carbons (Fsp3) is 0.267. The van der Waals surface area contributed by atoms with Gasteiger partial charge in [0.15, 0.2) is 0 Å². The molecule has 0 radical (unpaired) electrons. The molecule has 0 aliphatic rings. The van der Waals surface area contributed by atoms with E-state index < -0.39 is 5.92 Å². The molecule has 0 bridgehead atoms. The van der Waals surface area contributed by atoms with Gasteiger partial charge in [-0.15, -0.1) is 11.3 Å². The van der Waals surface area contributed by atoms with Gasteiger partial charge in [0.2, 0.25) is 5.91 Å². The van der Waals surface area contributed by atoms with Crippen molar-refractivity contribution < 1.29 is 4.79 Å². The number of carbonyl (C=O) groups is 1. The molecule has 0 saturated carbocycles. The Morgan fingerprint density at radius 1 is 1.45 bits per heavy atom. The van der Waals surface area contributed by atoms with Crippen molar-refractivity contribution in [2.45, 2.75) is 13.0 Å². The summed E-state index contributed by atoms with van der Waals surface area (Å²) in [5.41, 5.74) is 3.58. The second kappa shape index (κ2) is 6.83. The third-order valence-corrected chi connectivity index (χ3v) is 3.63. The van der Waals surface area contributed by atoms with Crippen LogP contribution < -0.4 is 0 Å². The Balaban J connectivity index is 2.00. The number of benzene rings is 1. The number of carbonyl (C=O) groups excluding carboxylic acids is 1. The lowest BCUT2D eigenvalue weighted by molar-refractivity contribution is -0.133. The van der Waals surface area contributed by atoms with E-state index in [2.05, 4.69) is 11.1 Å². The van der Waals surface area contributed by atoms with E-state index in [0.29, 0.717) is 13.0 Å². The minimum Gasteiger partial charge on any atom is -0.339 e. The van der Waals surface area contributed by atoms with E-state index in [1.54, 1.807) is 17.5 Å². The highest BCUT2D eigenvalue weighted by Gasteiger charge is 2.22. The summed E-state index contributed by atoms with van der Waals surface area (Å²) in [4.78, 5) is 18.0. The van der Waals surface area contributed by atoms with Crippen LogP contribution in [0.4, 0.5) is 0 Å². The summed E-state index contributed by atoms with van der Waals surface area (Å²) < 4.78 is 0. The van der Waals surface area contributed by atoms with E-state index in [4.69, 9.17) is 0 Å². The standard InChI is InChI=1S/C15H15N3OS/c1-18(9-14-10-20-11-17-14)15(19)13(8-16)7-12-5-3-2-4-6-12/h2-6,10-11,13H,7,9H2,1H3. The van der Waals surface area contributed by atoms with E-state index in [9.17, 15) is 10.1 Å². The molecule has 102 valence electrons. The van der Waals surface area contributed by atoms with Crippen molar-refractivity contribution in [2.24, 2.45) is 5.92 Å². The molecule has 0 N–H and O–H groups in total. The molecule has 0 fully saturated rings. The average Bonchev–Trinajstić information content (AvgIpc) is 2.98. The van der Waals surface area contributed by atoms with Gasteiger partial charge in [-0.3, -0.25) is 4.79 Å². The molecule has 20 heavy (non-hydrogen) atoms. The van der Waals surface area contributed by atoms with E-state index >= 15 is 0 Å². The fourth-order valence-corrected chi connectivity index (χ4v) is 2.49. The second-order valence-corrected chi connectivity index (χ2v) is 5.26. The third kappa shape index (κ3) is 3.65. The molecule has 1 unspecified atom stereocenters. The fourth-order valence-electron chi connectivity index (χ4n) is 1.94. The maximum atomic E-state index is 12.3. The Bertz CT molecular complexity index is 589. The topological polar surface area (TPSA) is 57.0 Å². The van der Waals surface area contributed by atoms with Crippen molar-refractivity contribution in [2.75, 3.05) is 7.05 Å². The first-order valence-corrected chi connectivity index (χ1v) is 7.20. The largest absolute Gasteiger partial charge is 0.339 e. The molecule has 0 aliphatic carbocycles. The summed E-state index contributed by atoms with van der Waals surface area (Å²) in [6.07, 6.45) is 0.442. The first-order valence-electron chi connectivity index (χ1n) is 6.26. The SMILES string of the molecule is CN(Cc1cscn1)C(=O)C(C#N)Cc1ccccc1. The minimum atomic E-state index is -0.652. The molecular weight excluding hydrogens is 270 g/mol. The number of hydrogen-bond donors (Lipinski definition) is 0. The van der Waals surface area contributed by atoms with Gasteiger partial charge in [-0.05, 0) is 12.0 Å². The Morgan fingerprint density at radius 3 is 2.80 bits per heavy atom. The van der Waals surface area contributed by atoms with Gasteiger partial charge in [0, 0.05) is 12.4 Å². The highest BCUT2D eigenvalue weighted by Crippen LogP contribution is 2.12. The van der Waals surface area contributed by atoms with Gasteiger partial charge in [-0.1, -0.05) is 30.3 Å². The van der Waals surface area contributed by atoms with Crippen molar-refractivity contribution in [3.05, 3.63) is 52.5 Å². The maximum absolute atomic E-state index is 12.3. The van der Waals surface area contributed by atoms with Crippen LogP contribution in [0.1, 0.15) is 11.3 Å². The lowest BCUT2D eigenvalue weighted by Gasteiger charge is -2.19. The lowest BCUT2D eigenvalue weighted by Crippen LogP contribution is -2.33. The van der Waals surface area contributed by atoms with E-state index in [-0.39, 0.29) is 5.91 Å². The van der Waals surface area contributed by atoms with Gasteiger partial charge in [-0.2, -0.15) is 5.26 Å². The van der Waals surface area contributed by atoms with Crippen LogP contribution in [0, 0.1) is 17.2 Å². The summed E-state index contributed by atoms with van der Waals surface area (Å²) in [5, 5.41) is 11.1. The summed E-state index contributed by atoms with van der Waals surface area (Å²) in [7, 11) is 1.71. The quantitative estimate of drug-likeness (QED) is 0.848. The van der Waals surface area contributed by atoms with Crippen LogP contribution in [-0.4, -0.2) is 22.8 Å². The lowest BCUT2D eigenvalue weighted by atomic mass is 9.99. The Morgan fingerprint density at radius 2 is 2.20 bits per heavy atom. The zero-order valence-electron chi connectivity index (χ0n) is 11.2. The molecule has 1 amide bonds. The van der Waals surface area contributed by atoms with Crippen molar-refractivity contribution in [1.29, 1.82) is 5.26 Å². The van der Waals surface area contributed by atoms with E-state index in [0.717, 1.165) is 11.3 Å². The number of aromatic nitrogens is 1. The highest BCUT2D eigenvalue weighted by molar-refractivity contribution is 7.07. The van der Waals surface area contributed by atoms with Crippen LogP contribution in [0.2, 0.25) is 0 Å². The molecule has 1 atom stereocenters. The third-order valence-electron chi connectivity index (χ3n) is 3.00. The van der Waals surface area contributed by atoms with Gasteiger partial charge in [0.1, 0.15) is 5.92 Å². The Labute approximate surface area is 122 Å². The first kappa shape index (κ1) is 14.2. The zero-order valence-corrected chi connectivity index (χ0v) is 12.0. The monoisotopic (exact) mass is 285 g/mol. The smallest absolute Gasteiger partial charge is 0.240 e. The Hall–Kier alpha value is -2.19. The first-order chi connectivity index (χ1) is 9.70. The molecule has 1 heterocycles. The molecule has 1 aromatic heterocycles. The summed E-state index contributed by atoms with van der Waals surface area (Å²) >= 11 is 1.50. The number of thiazole rings is 1. The Kier molecular flexibility index (Phi) is 4.85. The summed E-state index contributed by atoms with van der Waals surface area (Å²) in [6, 6.07) is 11.7. The second-order valence-electron chi connectivity index (χ2n) is 4.55. The highest BCUT2D eigenvalue weighted by atomic mass is 32.1. The van der Waals surface area contributed by atoms with Gasteiger partial charge >= 0.3 is 0 Å². The molecule has 0 aliphatic heterocycles. The molecular formula is C15H15N3OS. The minimum absolute atomic E-state index is 0.163. The number of nitrogens with zero attached hydrogens (tertiary/aromatic N) is 3. The van der Waals surface area contributed by atoms with Crippen molar-refractivity contribution >= 4 is 17.2 Å². The van der Waals surface area contributed by atoms with Gasteiger partial charge in [-0.25, -0.2) is 4.98 Å². The van der Waals surface area contributed by atoms with Crippen LogP contribution in [-0.2, 0) is 17.8 Å². The van der Waals surface area contributed by atoms with Gasteiger partial charge in [0.05, 0.1) is 23.8 Å². The van der Waals surface area contributed by atoms with Crippen LogP contribution in [0.15, 0.2) is 41.2 Å². The number of amides is 1. The normalized spacial score (nSPS) is 11.6. The molecule has 5 heteroatoms. The molecule has 2 aromatic rings. The van der Waals surface area contributed by atoms with Crippen molar-refractivity contribution in [3.8, 4) is 6.07 Å².